The Balaban J connectivity index is 1.62. The maximum atomic E-state index is 13.1. The number of rotatable bonds is 5. The van der Waals surface area contributed by atoms with Gasteiger partial charge in [-0.2, -0.15) is 18.2 Å². The van der Waals surface area contributed by atoms with E-state index in [0.717, 1.165) is 5.56 Å². The standard InChI is InChI=1S/C21H19F3N8/c1-2-15-19-29-27-13-32(19)16-12-26-20(28-18(16)30(15)10-8-21(22,23)24)31-11-9-25-17(31)14-6-4-3-5-7-14/h3-7,9,11-13,15H,2,8,10H2,1H3. The molecule has 0 saturated carbocycles. The summed E-state index contributed by atoms with van der Waals surface area (Å²) in [7, 11) is 0. The first-order valence-electron chi connectivity index (χ1n) is 10.2. The van der Waals surface area contributed by atoms with E-state index in [1.165, 1.54) is 6.33 Å². The first-order chi connectivity index (χ1) is 15.5. The monoisotopic (exact) mass is 440 g/mol. The summed E-state index contributed by atoms with van der Waals surface area (Å²) < 4.78 is 42.7. The van der Waals surface area contributed by atoms with Crippen molar-refractivity contribution in [2.24, 2.45) is 0 Å². The van der Waals surface area contributed by atoms with Crippen LogP contribution < -0.4 is 4.90 Å². The molecule has 0 bridgehead atoms. The van der Waals surface area contributed by atoms with Gasteiger partial charge in [-0.1, -0.05) is 37.3 Å². The number of hydrogen-bond donors (Lipinski definition) is 0. The zero-order valence-electron chi connectivity index (χ0n) is 17.1. The van der Waals surface area contributed by atoms with Crippen LogP contribution in [0, 0.1) is 0 Å². The Bertz CT molecular complexity index is 1230. The Morgan fingerprint density at radius 1 is 1.06 bits per heavy atom. The van der Waals surface area contributed by atoms with Crippen molar-refractivity contribution in [3.63, 3.8) is 0 Å². The molecule has 1 atom stereocenters. The second-order valence-electron chi connectivity index (χ2n) is 7.41. The number of nitrogens with zero attached hydrogens (tertiary/aromatic N) is 8. The third-order valence-electron chi connectivity index (χ3n) is 5.43. The highest BCUT2D eigenvalue weighted by molar-refractivity contribution is 5.63. The van der Waals surface area contributed by atoms with Crippen LogP contribution in [0.25, 0.3) is 23.0 Å². The van der Waals surface area contributed by atoms with Gasteiger partial charge in [0.15, 0.2) is 11.6 Å². The molecule has 8 nitrogen and oxygen atoms in total. The molecule has 32 heavy (non-hydrogen) atoms. The number of fused-ring (bicyclic) bond motifs is 3. The summed E-state index contributed by atoms with van der Waals surface area (Å²) in [5, 5.41) is 8.11. The highest BCUT2D eigenvalue weighted by Gasteiger charge is 2.36. The molecular formula is C21H19F3N8. The molecular weight excluding hydrogens is 421 g/mol. The first kappa shape index (κ1) is 20.2. The van der Waals surface area contributed by atoms with Crippen molar-refractivity contribution in [2.75, 3.05) is 11.4 Å². The van der Waals surface area contributed by atoms with Crippen LogP contribution in [-0.2, 0) is 0 Å². The zero-order chi connectivity index (χ0) is 22.3. The van der Waals surface area contributed by atoms with Crippen molar-refractivity contribution in [1.29, 1.82) is 0 Å². The smallest absolute Gasteiger partial charge is 0.344 e. The molecule has 3 aromatic heterocycles. The van der Waals surface area contributed by atoms with Crippen LogP contribution in [0.3, 0.4) is 0 Å². The number of alkyl halides is 3. The molecule has 0 fully saturated rings. The van der Waals surface area contributed by atoms with Gasteiger partial charge in [0.1, 0.15) is 17.8 Å². The Hall–Kier alpha value is -3.76. The van der Waals surface area contributed by atoms with Crippen molar-refractivity contribution >= 4 is 5.82 Å². The van der Waals surface area contributed by atoms with Gasteiger partial charge in [0.2, 0.25) is 5.95 Å². The largest absolute Gasteiger partial charge is 0.390 e. The number of imidazole rings is 1. The van der Waals surface area contributed by atoms with Gasteiger partial charge in [-0.3, -0.25) is 9.13 Å². The molecule has 4 aromatic rings. The predicted octanol–water partition coefficient (Wildman–Crippen LogP) is 4.13. The third kappa shape index (κ3) is 3.49. The number of aromatic nitrogens is 7. The van der Waals surface area contributed by atoms with Crippen LogP contribution in [0.2, 0.25) is 0 Å². The van der Waals surface area contributed by atoms with E-state index < -0.39 is 12.6 Å². The molecule has 11 heteroatoms. The second-order valence-corrected chi connectivity index (χ2v) is 7.41. The van der Waals surface area contributed by atoms with Crippen molar-refractivity contribution in [3.8, 4) is 23.0 Å². The van der Waals surface area contributed by atoms with E-state index in [9.17, 15) is 13.2 Å². The lowest BCUT2D eigenvalue weighted by molar-refractivity contribution is -0.132. The third-order valence-corrected chi connectivity index (χ3v) is 5.43. The SMILES string of the molecule is CCC1c2nncn2-c2cnc(-n3ccnc3-c3ccccc3)nc2N1CCC(F)(F)F. The highest BCUT2D eigenvalue weighted by Crippen LogP contribution is 2.39. The van der Waals surface area contributed by atoms with Gasteiger partial charge < -0.3 is 4.90 Å². The van der Waals surface area contributed by atoms with Gasteiger partial charge in [0.05, 0.1) is 18.7 Å². The molecule has 1 aromatic carbocycles. The normalized spacial score (nSPS) is 15.5. The summed E-state index contributed by atoms with van der Waals surface area (Å²) in [4.78, 5) is 15.2. The lowest BCUT2D eigenvalue weighted by Gasteiger charge is -2.37. The molecule has 5 rings (SSSR count). The van der Waals surface area contributed by atoms with Gasteiger partial charge in [-0.05, 0) is 6.42 Å². The Kier molecular flexibility index (Phi) is 4.87. The van der Waals surface area contributed by atoms with E-state index in [0.29, 0.717) is 35.5 Å². The van der Waals surface area contributed by atoms with Crippen LogP contribution >= 0.6 is 0 Å². The average molecular weight is 440 g/mol. The van der Waals surface area contributed by atoms with Crippen molar-refractivity contribution < 1.29 is 13.2 Å². The number of anilines is 1. The summed E-state index contributed by atoms with van der Waals surface area (Å²) in [5.41, 5.74) is 1.42. The van der Waals surface area contributed by atoms with Crippen LogP contribution in [0.15, 0.2) is 55.2 Å². The van der Waals surface area contributed by atoms with E-state index in [1.54, 1.807) is 32.6 Å². The maximum Gasteiger partial charge on any atom is 0.390 e. The molecule has 0 aliphatic carbocycles. The quantitative estimate of drug-likeness (QED) is 0.464. The van der Waals surface area contributed by atoms with E-state index in [4.69, 9.17) is 4.98 Å². The van der Waals surface area contributed by atoms with E-state index >= 15 is 0 Å². The van der Waals surface area contributed by atoms with E-state index in [-0.39, 0.29) is 12.6 Å². The zero-order valence-corrected chi connectivity index (χ0v) is 17.1. The summed E-state index contributed by atoms with van der Waals surface area (Å²) in [6.45, 7) is 1.66. The molecule has 0 amide bonds. The number of hydrogen-bond acceptors (Lipinski definition) is 6. The average Bonchev–Trinajstić information content (AvgIpc) is 3.47. The molecule has 4 heterocycles. The fraction of sp³-hybridized carbons (Fsp3) is 0.286. The molecule has 0 saturated heterocycles. The summed E-state index contributed by atoms with van der Waals surface area (Å²) in [6, 6.07) is 9.17. The first-order valence-corrected chi connectivity index (χ1v) is 10.2. The highest BCUT2D eigenvalue weighted by atomic mass is 19.4. The van der Waals surface area contributed by atoms with Crippen LogP contribution in [0.5, 0.6) is 0 Å². The van der Waals surface area contributed by atoms with Gasteiger partial charge in [-0.15, -0.1) is 10.2 Å². The lowest BCUT2D eigenvalue weighted by Crippen LogP contribution is -2.38. The minimum absolute atomic E-state index is 0.242. The molecule has 164 valence electrons. The Labute approximate surface area is 181 Å². The van der Waals surface area contributed by atoms with E-state index in [2.05, 4.69) is 20.2 Å². The van der Waals surface area contributed by atoms with Crippen LogP contribution in [0.4, 0.5) is 19.0 Å². The van der Waals surface area contributed by atoms with E-state index in [1.807, 2.05) is 37.3 Å². The van der Waals surface area contributed by atoms with Crippen LogP contribution in [0.1, 0.15) is 31.6 Å². The predicted molar refractivity (Wildman–Crippen MR) is 111 cm³/mol. The molecule has 1 aliphatic rings. The van der Waals surface area contributed by atoms with Gasteiger partial charge in [0, 0.05) is 24.5 Å². The number of halogens is 3. The minimum atomic E-state index is -4.29. The topological polar surface area (TPSA) is 77.5 Å². The maximum absolute atomic E-state index is 13.1. The molecule has 1 unspecified atom stereocenters. The lowest BCUT2D eigenvalue weighted by atomic mass is 10.1. The Morgan fingerprint density at radius 3 is 2.62 bits per heavy atom. The summed E-state index contributed by atoms with van der Waals surface area (Å²) in [5.74, 6) is 1.95. The molecule has 0 radical (unpaired) electrons. The van der Waals surface area contributed by atoms with Crippen molar-refractivity contribution in [3.05, 3.63) is 61.1 Å². The van der Waals surface area contributed by atoms with Crippen molar-refractivity contribution in [2.45, 2.75) is 32.0 Å². The molecule has 0 N–H and O–H groups in total. The summed E-state index contributed by atoms with van der Waals surface area (Å²) >= 11 is 0. The fourth-order valence-electron chi connectivity index (χ4n) is 3.98. The van der Waals surface area contributed by atoms with Crippen molar-refractivity contribution in [1.82, 2.24) is 34.3 Å². The van der Waals surface area contributed by atoms with Gasteiger partial charge >= 0.3 is 6.18 Å². The number of benzene rings is 1. The fourth-order valence-corrected chi connectivity index (χ4v) is 3.98. The second kappa shape index (κ2) is 7.74. The summed E-state index contributed by atoms with van der Waals surface area (Å²) in [6.07, 6.45) is 1.80. The van der Waals surface area contributed by atoms with Gasteiger partial charge in [-0.25, -0.2) is 9.97 Å². The van der Waals surface area contributed by atoms with Gasteiger partial charge in [0.25, 0.3) is 0 Å². The minimum Gasteiger partial charge on any atom is -0.344 e. The Morgan fingerprint density at radius 2 is 1.88 bits per heavy atom. The molecule has 0 spiro atoms. The van der Waals surface area contributed by atoms with Crippen LogP contribution in [-0.4, -0.2) is 47.0 Å². The molecule has 1 aliphatic heterocycles.